The number of ether oxygens (including phenoxy) is 1. The summed E-state index contributed by atoms with van der Waals surface area (Å²) in [5.41, 5.74) is 0. The Bertz CT molecular complexity index is 234. The second kappa shape index (κ2) is 6.05. The Hall–Kier alpha value is -0.640. The quantitative estimate of drug-likeness (QED) is 0.754. The molecule has 0 spiro atoms. The van der Waals surface area contributed by atoms with E-state index < -0.39 is 11.9 Å². The van der Waals surface area contributed by atoms with Crippen molar-refractivity contribution in [2.24, 2.45) is 11.8 Å². The molecule has 0 saturated heterocycles. The molecule has 0 bridgehead atoms. The number of aliphatic carboxylic acids is 1. The second-order valence-electron chi connectivity index (χ2n) is 3.97. The molecule has 1 rings (SSSR count). The molecule has 0 heterocycles. The number of carbonyl (C=O) groups is 1. The molecule has 0 aromatic heterocycles. The summed E-state index contributed by atoms with van der Waals surface area (Å²) in [6.45, 7) is 2.28. The van der Waals surface area contributed by atoms with E-state index in [1.54, 1.807) is 0 Å². The van der Waals surface area contributed by atoms with Crippen LogP contribution in [0.25, 0.3) is 0 Å². The van der Waals surface area contributed by atoms with E-state index >= 15 is 0 Å². The minimum atomic E-state index is -0.833. The fraction of sp³-hybridized carbons (Fsp3) is 0.818. The van der Waals surface area contributed by atoms with E-state index in [4.69, 9.17) is 22.1 Å². The van der Waals surface area contributed by atoms with Crippen molar-refractivity contribution in [2.75, 3.05) is 6.61 Å². The monoisotopic (exact) mass is 230 g/mol. The van der Waals surface area contributed by atoms with Crippen molar-refractivity contribution in [3.8, 4) is 0 Å². The van der Waals surface area contributed by atoms with E-state index in [-0.39, 0.29) is 11.0 Å². The molecule has 15 heavy (non-hydrogen) atoms. The molecule has 0 aliphatic heterocycles. The molecule has 0 amide bonds. The maximum Gasteiger partial charge on any atom is 0.315 e. The van der Waals surface area contributed by atoms with Gasteiger partial charge in [-0.15, -0.1) is 0 Å². The summed E-state index contributed by atoms with van der Waals surface area (Å²) < 4.78 is 5.17. The summed E-state index contributed by atoms with van der Waals surface area (Å²) in [4.78, 5) is 11.1. The third-order valence-corrected chi connectivity index (χ3v) is 3.30. The van der Waals surface area contributed by atoms with Crippen LogP contribution in [-0.2, 0) is 9.53 Å². The van der Waals surface area contributed by atoms with Gasteiger partial charge in [0.1, 0.15) is 5.92 Å². The summed E-state index contributed by atoms with van der Waals surface area (Å²) in [5, 5.41) is 9.42. The summed E-state index contributed by atoms with van der Waals surface area (Å²) in [6, 6.07) is 0. The fourth-order valence-corrected chi connectivity index (χ4v) is 2.61. The highest BCUT2D eigenvalue weighted by Crippen LogP contribution is 2.31. The smallest absolute Gasteiger partial charge is 0.315 e. The average Bonchev–Trinajstić information content (AvgIpc) is 2.19. The lowest BCUT2D eigenvalue weighted by Crippen LogP contribution is -2.33. The summed E-state index contributed by atoms with van der Waals surface area (Å²) in [7, 11) is 0. The highest BCUT2D eigenvalue weighted by Gasteiger charge is 2.33. The van der Waals surface area contributed by atoms with Crippen LogP contribution in [0.15, 0.2) is 0 Å². The Balaban J connectivity index is 2.63. The van der Waals surface area contributed by atoms with Gasteiger partial charge in [-0.1, -0.05) is 19.3 Å². The SMILES string of the molecule is CCOC(=S)C(C(=O)O)C1CCCCC1. The molecule has 1 unspecified atom stereocenters. The van der Waals surface area contributed by atoms with Gasteiger partial charge in [0.05, 0.1) is 6.61 Å². The standard InChI is InChI=1S/C11H18O3S/c1-2-14-11(15)9(10(12)13)8-6-4-3-5-7-8/h8-9H,2-7H2,1H3,(H,12,13). The predicted octanol–water partition coefficient (Wildman–Crippen LogP) is 2.63. The number of carboxylic acid groups (broad SMARTS) is 1. The Morgan fingerprint density at radius 3 is 2.53 bits per heavy atom. The number of rotatable bonds is 4. The van der Waals surface area contributed by atoms with Crippen molar-refractivity contribution in [3.05, 3.63) is 0 Å². The molecule has 1 N–H and O–H groups in total. The molecule has 4 heteroatoms. The van der Waals surface area contributed by atoms with Crippen molar-refractivity contribution >= 4 is 23.2 Å². The molecule has 1 aliphatic rings. The fourth-order valence-electron chi connectivity index (χ4n) is 2.19. The molecular formula is C11H18O3S. The first-order valence-electron chi connectivity index (χ1n) is 5.56. The van der Waals surface area contributed by atoms with Crippen LogP contribution in [0, 0.1) is 11.8 Å². The number of carboxylic acids is 1. The molecule has 3 nitrogen and oxygen atoms in total. The van der Waals surface area contributed by atoms with Gasteiger partial charge in [-0.2, -0.15) is 0 Å². The van der Waals surface area contributed by atoms with Crippen LogP contribution in [0.5, 0.6) is 0 Å². The highest BCUT2D eigenvalue weighted by atomic mass is 32.1. The Morgan fingerprint density at radius 1 is 1.47 bits per heavy atom. The molecule has 1 fully saturated rings. The minimum Gasteiger partial charge on any atom is -0.486 e. The van der Waals surface area contributed by atoms with E-state index in [1.807, 2.05) is 6.92 Å². The summed E-state index contributed by atoms with van der Waals surface area (Å²) in [5.74, 6) is -1.24. The van der Waals surface area contributed by atoms with Crippen molar-refractivity contribution in [3.63, 3.8) is 0 Å². The molecule has 0 radical (unpaired) electrons. The van der Waals surface area contributed by atoms with E-state index in [1.165, 1.54) is 6.42 Å². The first-order valence-corrected chi connectivity index (χ1v) is 5.97. The van der Waals surface area contributed by atoms with Crippen LogP contribution in [0.1, 0.15) is 39.0 Å². The van der Waals surface area contributed by atoms with Gasteiger partial charge < -0.3 is 9.84 Å². The Morgan fingerprint density at radius 2 is 2.07 bits per heavy atom. The minimum absolute atomic E-state index is 0.176. The third-order valence-electron chi connectivity index (χ3n) is 2.93. The van der Waals surface area contributed by atoms with Gasteiger partial charge >= 0.3 is 5.97 Å². The van der Waals surface area contributed by atoms with Gasteiger partial charge in [0.15, 0.2) is 5.05 Å². The van der Waals surface area contributed by atoms with E-state index in [9.17, 15) is 4.79 Å². The topological polar surface area (TPSA) is 46.5 Å². The lowest BCUT2D eigenvalue weighted by Gasteiger charge is -2.27. The highest BCUT2D eigenvalue weighted by molar-refractivity contribution is 7.80. The third kappa shape index (κ3) is 3.45. The van der Waals surface area contributed by atoms with Gasteiger partial charge in [-0.05, 0) is 37.9 Å². The first kappa shape index (κ1) is 12.4. The number of hydrogen-bond donors (Lipinski definition) is 1. The van der Waals surface area contributed by atoms with Gasteiger partial charge in [0, 0.05) is 0 Å². The Kier molecular flexibility index (Phi) is 5.02. The van der Waals surface area contributed by atoms with Crippen molar-refractivity contribution in [2.45, 2.75) is 39.0 Å². The zero-order valence-corrected chi connectivity index (χ0v) is 9.89. The first-order chi connectivity index (χ1) is 7.16. The number of thiocarbonyl (C=S) groups is 1. The van der Waals surface area contributed by atoms with E-state index in [2.05, 4.69) is 0 Å². The lowest BCUT2D eigenvalue weighted by molar-refractivity contribution is -0.141. The Labute approximate surface area is 95.8 Å². The van der Waals surface area contributed by atoms with Gasteiger partial charge in [-0.3, -0.25) is 4.79 Å². The van der Waals surface area contributed by atoms with Crippen LogP contribution in [0.4, 0.5) is 0 Å². The predicted molar refractivity (Wildman–Crippen MR) is 61.9 cm³/mol. The molecular weight excluding hydrogens is 212 g/mol. The average molecular weight is 230 g/mol. The van der Waals surface area contributed by atoms with Crippen LogP contribution in [0.2, 0.25) is 0 Å². The van der Waals surface area contributed by atoms with Crippen molar-refractivity contribution in [1.82, 2.24) is 0 Å². The van der Waals surface area contributed by atoms with Gasteiger partial charge in [-0.25, -0.2) is 0 Å². The van der Waals surface area contributed by atoms with Crippen LogP contribution < -0.4 is 0 Å². The number of hydrogen-bond acceptors (Lipinski definition) is 3. The van der Waals surface area contributed by atoms with Crippen LogP contribution >= 0.6 is 12.2 Å². The molecule has 1 atom stereocenters. The maximum atomic E-state index is 11.1. The summed E-state index contributed by atoms with van der Waals surface area (Å²) in [6.07, 6.45) is 5.37. The van der Waals surface area contributed by atoms with Crippen molar-refractivity contribution < 1.29 is 14.6 Å². The molecule has 86 valence electrons. The van der Waals surface area contributed by atoms with E-state index in [0.29, 0.717) is 6.61 Å². The molecule has 0 aromatic rings. The zero-order valence-electron chi connectivity index (χ0n) is 9.07. The van der Waals surface area contributed by atoms with Crippen molar-refractivity contribution in [1.29, 1.82) is 0 Å². The lowest BCUT2D eigenvalue weighted by atomic mass is 9.80. The maximum absolute atomic E-state index is 11.1. The largest absolute Gasteiger partial charge is 0.486 e. The van der Waals surface area contributed by atoms with Gasteiger partial charge in [0.25, 0.3) is 0 Å². The summed E-state index contributed by atoms with van der Waals surface area (Å²) >= 11 is 5.03. The van der Waals surface area contributed by atoms with E-state index in [0.717, 1.165) is 25.7 Å². The van der Waals surface area contributed by atoms with Gasteiger partial charge in [0.2, 0.25) is 0 Å². The second-order valence-corrected chi connectivity index (χ2v) is 4.37. The normalized spacial score (nSPS) is 19.5. The molecule has 1 saturated carbocycles. The van der Waals surface area contributed by atoms with Crippen LogP contribution in [-0.4, -0.2) is 22.7 Å². The zero-order chi connectivity index (χ0) is 11.3. The van der Waals surface area contributed by atoms with Crippen LogP contribution in [0.3, 0.4) is 0 Å². The molecule has 0 aromatic carbocycles. The molecule has 1 aliphatic carbocycles.